The van der Waals surface area contributed by atoms with Gasteiger partial charge in [-0.2, -0.15) is 0 Å². The molecule has 9 nitrogen and oxygen atoms in total. The van der Waals surface area contributed by atoms with Gasteiger partial charge in [0.15, 0.2) is 6.29 Å². The molecule has 0 radical (unpaired) electrons. The third-order valence-corrected chi connectivity index (χ3v) is 14.5. The second kappa shape index (κ2) is 47.8. The fraction of sp³-hybridized carbons (Fsp3) is 0.982. The largest absolute Gasteiger partial charge is 0.394 e. The van der Waals surface area contributed by atoms with Gasteiger partial charge in [-0.15, -0.1) is 0 Å². The van der Waals surface area contributed by atoms with Gasteiger partial charge in [-0.3, -0.25) is 4.79 Å². The summed E-state index contributed by atoms with van der Waals surface area (Å²) in [5.41, 5.74) is 0. The molecular formula is C57H113NO8. The van der Waals surface area contributed by atoms with E-state index in [4.69, 9.17) is 9.47 Å². The molecule has 0 aromatic carbocycles. The predicted octanol–water partition coefficient (Wildman–Crippen LogP) is 14.2. The molecule has 1 heterocycles. The van der Waals surface area contributed by atoms with Crippen LogP contribution in [-0.4, -0.2) is 87.5 Å². The van der Waals surface area contributed by atoms with Crippen LogP contribution in [0, 0.1) is 0 Å². The maximum atomic E-state index is 13.0. The number of nitrogens with one attached hydrogen (secondary N) is 1. The highest BCUT2D eigenvalue weighted by Crippen LogP contribution is 2.23. The zero-order valence-corrected chi connectivity index (χ0v) is 43.7. The van der Waals surface area contributed by atoms with E-state index in [-0.39, 0.29) is 12.5 Å². The minimum absolute atomic E-state index is 0.132. The zero-order valence-electron chi connectivity index (χ0n) is 43.7. The van der Waals surface area contributed by atoms with Crippen LogP contribution >= 0.6 is 0 Å². The fourth-order valence-corrected chi connectivity index (χ4v) is 9.81. The first kappa shape index (κ1) is 63.2. The summed E-state index contributed by atoms with van der Waals surface area (Å²) in [4.78, 5) is 13.0. The Hall–Kier alpha value is -0.810. The lowest BCUT2D eigenvalue weighted by atomic mass is 9.99. The Bertz CT molecular complexity index is 1000. The van der Waals surface area contributed by atoms with Crippen LogP contribution in [0.4, 0.5) is 0 Å². The number of rotatable bonds is 51. The Morgan fingerprint density at radius 2 is 0.758 bits per heavy atom. The average Bonchev–Trinajstić information content (AvgIpc) is 3.32. The van der Waals surface area contributed by atoms with Crippen LogP contribution in [-0.2, 0) is 14.3 Å². The van der Waals surface area contributed by atoms with Gasteiger partial charge in [0, 0.05) is 6.42 Å². The number of aliphatic hydroxyl groups excluding tert-OH is 5. The highest BCUT2D eigenvalue weighted by molar-refractivity contribution is 5.76. The van der Waals surface area contributed by atoms with E-state index in [0.717, 1.165) is 38.5 Å². The van der Waals surface area contributed by atoms with Crippen molar-refractivity contribution in [3.8, 4) is 0 Å². The molecular weight excluding hydrogens is 827 g/mol. The van der Waals surface area contributed by atoms with Gasteiger partial charge in [0.1, 0.15) is 24.4 Å². The lowest BCUT2D eigenvalue weighted by molar-refractivity contribution is -0.302. The maximum Gasteiger partial charge on any atom is 0.220 e. The van der Waals surface area contributed by atoms with Crippen molar-refractivity contribution >= 4 is 5.91 Å². The van der Waals surface area contributed by atoms with Gasteiger partial charge in [0.05, 0.1) is 25.4 Å². The van der Waals surface area contributed by atoms with Gasteiger partial charge in [0.25, 0.3) is 0 Å². The lowest BCUT2D eigenvalue weighted by Gasteiger charge is -2.40. The van der Waals surface area contributed by atoms with Crippen LogP contribution < -0.4 is 5.32 Å². The summed E-state index contributed by atoms with van der Waals surface area (Å²) in [6, 6.07) is -0.711. The van der Waals surface area contributed by atoms with Crippen LogP contribution in [0.3, 0.4) is 0 Å². The molecule has 394 valence electrons. The third kappa shape index (κ3) is 37.1. The van der Waals surface area contributed by atoms with E-state index in [9.17, 15) is 30.3 Å². The molecule has 1 aliphatic heterocycles. The molecule has 6 N–H and O–H groups in total. The summed E-state index contributed by atoms with van der Waals surface area (Å²) >= 11 is 0. The molecule has 1 saturated heterocycles. The first-order valence-electron chi connectivity index (χ1n) is 29.2. The summed E-state index contributed by atoms with van der Waals surface area (Å²) in [5, 5.41) is 54.4. The molecule has 0 saturated carbocycles. The Balaban J connectivity index is 2.03. The van der Waals surface area contributed by atoms with Crippen molar-refractivity contribution in [2.75, 3.05) is 13.2 Å². The first-order chi connectivity index (χ1) is 32.3. The minimum Gasteiger partial charge on any atom is -0.394 e. The topological polar surface area (TPSA) is 149 Å². The molecule has 7 unspecified atom stereocenters. The first-order valence-corrected chi connectivity index (χ1v) is 29.2. The van der Waals surface area contributed by atoms with Crippen molar-refractivity contribution in [3.05, 3.63) is 0 Å². The normalized spacial score (nSPS) is 19.7. The van der Waals surface area contributed by atoms with E-state index in [1.807, 2.05) is 0 Å². The summed E-state index contributed by atoms with van der Waals surface area (Å²) in [6.07, 6.45) is 50.3. The molecule has 0 aromatic rings. The molecule has 0 aromatic heterocycles. The standard InChI is InChI=1S/C57H113NO8/c1-3-5-7-9-11-13-15-16-17-18-19-20-21-22-23-24-25-26-27-28-29-30-31-32-33-34-35-36-37-39-41-43-45-47-53(61)58-50(49-65-57-56(64)55(63)54(62)52(48-59)66-57)51(60)46-44-42-40-38-14-12-10-8-6-4-2/h50-52,54-57,59-60,62-64H,3-49H2,1-2H3,(H,58,61). The van der Waals surface area contributed by atoms with Crippen molar-refractivity contribution in [2.24, 2.45) is 0 Å². The number of hydrogen-bond donors (Lipinski definition) is 6. The van der Waals surface area contributed by atoms with E-state index in [0.29, 0.717) is 12.8 Å². The Labute approximate surface area is 408 Å². The van der Waals surface area contributed by atoms with Crippen LogP contribution in [0.15, 0.2) is 0 Å². The molecule has 1 amide bonds. The lowest BCUT2D eigenvalue weighted by Crippen LogP contribution is -2.60. The number of ether oxygens (including phenoxy) is 2. The Morgan fingerprint density at radius 1 is 0.455 bits per heavy atom. The second-order valence-electron chi connectivity index (χ2n) is 20.8. The van der Waals surface area contributed by atoms with Crippen LogP contribution in [0.5, 0.6) is 0 Å². The second-order valence-corrected chi connectivity index (χ2v) is 20.8. The molecule has 1 aliphatic rings. The number of carbonyl (C=O) groups is 1. The quantitative estimate of drug-likeness (QED) is 0.0330. The third-order valence-electron chi connectivity index (χ3n) is 14.5. The fourth-order valence-electron chi connectivity index (χ4n) is 9.81. The molecule has 0 spiro atoms. The summed E-state index contributed by atoms with van der Waals surface area (Å²) in [7, 11) is 0. The molecule has 1 rings (SSSR count). The molecule has 1 fully saturated rings. The smallest absolute Gasteiger partial charge is 0.220 e. The number of unbranched alkanes of at least 4 members (excludes halogenated alkanes) is 41. The van der Waals surface area contributed by atoms with E-state index < -0.39 is 49.5 Å². The number of carbonyl (C=O) groups excluding carboxylic acids is 1. The van der Waals surface area contributed by atoms with Crippen LogP contribution in [0.2, 0.25) is 0 Å². The summed E-state index contributed by atoms with van der Waals surface area (Å²) < 4.78 is 11.3. The van der Waals surface area contributed by atoms with Crippen molar-refractivity contribution < 1.29 is 39.8 Å². The van der Waals surface area contributed by atoms with Crippen LogP contribution in [0.25, 0.3) is 0 Å². The van der Waals surface area contributed by atoms with Gasteiger partial charge in [0.2, 0.25) is 5.91 Å². The van der Waals surface area contributed by atoms with E-state index >= 15 is 0 Å². The SMILES string of the molecule is CCCCCCCCCCCCCCCCCCCCCCCCCCCCCCCCCCCC(=O)NC(COC1OC(CO)C(O)C(O)C1O)C(O)CCCCCCCCCCCC. The molecule has 7 atom stereocenters. The molecule has 0 aliphatic carbocycles. The van der Waals surface area contributed by atoms with Gasteiger partial charge >= 0.3 is 0 Å². The number of aliphatic hydroxyl groups is 5. The highest BCUT2D eigenvalue weighted by atomic mass is 16.7. The predicted molar refractivity (Wildman–Crippen MR) is 277 cm³/mol. The van der Waals surface area contributed by atoms with Crippen molar-refractivity contribution in [2.45, 2.75) is 346 Å². The van der Waals surface area contributed by atoms with Gasteiger partial charge < -0.3 is 40.3 Å². The maximum absolute atomic E-state index is 13.0. The number of hydrogen-bond acceptors (Lipinski definition) is 8. The Kier molecular flexibility index (Phi) is 45.8. The van der Waals surface area contributed by atoms with E-state index in [1.54, 1.807) is 0 Å². The summed E-state index contributed by atoms with van der Waals surface area (Å²) in [6.45, 7) is 3.85. The molecule has 9 heteroatoms. The van der Waals surface area contributed by atoms with Gasteiger partial charge in [-0.05, 0) is 12.8 Å². The van der Waals surface area contributed by atoms with Gasteiger partial charge in [-0.1, -0.05) is 284 Å². The number of amides is 1. The minimum atomic E-state index is -1.55. The van der Waals surface area contributed by atoms with Crippen LogP contribution in [0.1, 0.15) is 303 Å². The monoisotopic (exact) mass is 940 g/mol. The molecule has 0 bridgehead atoms. The van der Waals surface area contributed by atoms with Crippen molar-refractivity contribution in [1.29, 1.82) is 0 Å². The Morgan fingerprint density at radius 3 is 1.08 bits per heavy atom. The van der Waals surface area contributed by atoms with Crippen molar-refractivity contribution in [1.82, 2.24) is 5.32 Å². The van der Waals surface area contributed by atoms with Crippen molar-refractivity contribution in [3.63, 3.8) is 0 Å². The average molecular weight is 941 g/mol. The molecule has 66 heavy (non-hydrogen) atoms. The van der Waals surface area contributed by atoms with E-state index in [2.05, 4.69) is 19.2 Å². The highest BCUT2D eigenvalue weighted by Gasteiger charge is 2.44. The summed E-state index contributed by atoms with van der Waals surface area (Å²) in [5.74, 6) is -0.139. The zero-order chi connectivity index (χ0) is 48.0. The van der Waals surface area contributed by atoms with E-state index in [1.165, 1.54) is 238 Å². The van der Waals surface area contributed by atoms with Gasteiger partial charge in [-0.25, -0.2) is 0 Å².